The fourth-order valence-corrected chi connectivity index (χ4v) is 3.65. The van der Waals surface area contributed by atoms with Crippen molar-refractivity contribution in [2.24, 2.45) is 0 Å². The summed E-state index contributed by atoms with van der Waals surface area (Å²) in [6.07, 6.45) is 8.59. The Morgan fingerprint density at radius 3 is 2.81 bits per heavy atom. The minimum Gasteiger partial charge on any atom is -0.382 e. The van der Waals surface area contributed by atoms with E-state index in [9.17, 15) is 4.39 Å². The molecule has 2 aromatic rings. The lowest BCUT2D eigenvalue weighted by Crippen LogP contribution is -2.48. The van der Waals surface area contributed by atoms with Gasteiger partial charge in [0.15, 0.2) is 0 Å². The number of allylic oxidation sites excluding steroid dienone is 1. The molecule has 2 N–H and O–H groups in total. The molecule has 4 nitrogen and oxygen atoms in total. The van der Waals surface area contributed by atoms with Crippen LogP contribution in [0.1, 0.15) is 30.4 Å². The molecule has 1 aromatic carbocycles. The second-order valence-corrected chi connectivity index (χ2v) is 6.66. The van der Waals surface area contributed by atoms with E-state index in [2.05, 4.69) is 21.9 Å². The van der Waals surface area contributed by atoms with Crippen molar-refractivity contribution >= 4 is 17.2 Å². The first kappa shape index (κ1) is 18.5. The SMILES string of the molecule is CNC(=S)C1(c2cccnc2)CCCC=C1NOCc1ccc(F)cc1. The Kier molecular flexibility index (Phi) is 5.96. The van der Waals surface area contributed by atoms with Gasteiger partial charge >= 0.3 is 0 Å². The van der Waals surface area contributed by atoms with E-state index >= 15 is 0 Å². The second kappa shape index (κ2) is 8.38. The highest BCUT2D eigenvalue weighted by Gasteiger charge is 2.42. The number of benzene rings is 1. The molecule has 0 amide bonds. The zero-order valence-electron chi connectivity index (χ0n) is 14.7. The van der Waals surface area contributed by atoms with Gasteiger partial charge in [0.2, 0.25) is 0 Å². The van der Waals surface area contributed by atoms with Crippen molar-refractivity contribution in [1.82, 2.24) is 15.8 Å². The van der Waals surface area contributed by atoms with E-state index in [1.54, 1.807) is 18.3 Å². The van der Waals surface area contributed by atoms with Crippen molar-refractivity contribution in [3.8, 4) is 0 Å². The number of nitrogens with one attached hydrogen (secondary N) is 2. The summed E-state index contributed by atoms with van der Waals surface area (Å²) in [6, 6.07) is 10.2. The van der Waals surface area contributed by atoms with Crippen molar-refractivity contribution in [2.45, 2.75) is 31.3 Å². The molecule has 0 radical (unpaired) electrons. The third-order valence-electron chi connectivity index (χ3n) is 4.67. The van der Waals surface area contributed by atoms with Crippen LogP contribution in [-0.2, 0) is 16.9 Å². The van der Waals surface area contributed by atoms with Crippen LogP contribution >= 0.6 is 12.2 Å². The fraction of sp³-hybridized carbons (Fsp3) is 0.300. The molecule has 0 saturated heterocycles. The van der Waals surface area contributed by atoms with Gasteiger partial charge in [-0.25, -0.2) is 4.39 Å². The molecule has 26 heavy (non-hydrogen) atoms. The van der Waals surface area contributed by atoms with Gasteiger partial charge in [-0.05, 0) is 48.6 Å². The fourth-order valence-electron chi connectivity index (χ4n) is 3.32. The molecule has 1 aliphatic carbocycles. The molecule has 0 fully saturated rings. The molecule has 0 bridgehead atoms. The van der Waals surface area contributed by atoms with Crippen molar-refractivity contribution in [3.63, 3.8) is 0 Å². The molecule has 1 unspecified atom stereocenters. The van der Waals surface area contributed by atoms with Crippen LogP contribution in [0.4, 0.5) is 4.39 Å². The second-order valence-electron chi connectivity index (χ2n) is 6.25. The molecule has 3 rings (SSSR count). The van der Waals surface area contributed by atoms with E-state index < -0.39 is 5.41 Å². The summed E-state index contributed by atoms with van der Waals surface area (Å²) in [7, 11) is 1.84. The van der Waals surface area contributed by atoms with Gasteiger partial charge in [0.25, 0.3) is 0 Å². The summed E-state index contributed by atoms with van der Waals surface area (Å²) < 4.78 is 13.0. The first-order valence-corrected chi connectivity index (χ1v) is 9.03. The van der Waals surface area contributed by atoms with Crippen LogP contribution in [0.25, 0.3) is 0 Å². The van der Waals surface area contributed by atoms with Crippen LogP contribution in [0.15, 0.2) is 60.6 Å². The maximum atomic E-state index is 13.0. The van der Waals surface area contributed by atoms with E-state index in [1.807, 2.05) is 25.4 Å². The molecule has 0 saturated carbocycles. The Morgan fingerprint density at radius 1 is 1.31 bits per heavy atom. The molecule has 1 atom stereocenters. The number of halogens is 1. The third kappa shape index (κ3) is 3.76. The Bertz CT molecular complexity index is 779. The highest BCUT2D eigenvalue weighted by atomic mass is 32.1. The summed E-state index contributed by atoms with van der Waals surface area (Å²) in [5, 5.41) is 3.14. The number of aromatic nitrogens is 1. The van der Waals surface area contributed by atoms with E-state index in [0.29, 0.717) is 6.61 Å². The Balaban J connectivity index is 1.81. The smallest absolute Gasteiger partial charge is 0.123 e. The van der Waals surface area contributed by atoms with E-state index in [1.165, 1.54) is 12.1 Å². The van der Waals surface area contributed by atoms with Crippen LogP contribution in [0.2, 0.25) is 0 Å². The van der Waals surface area contributed by atoms with Gasteiger partial charge in [0.1, 0.15) is 5.82 Å². The Hall–Kier alpha value is -2.31. The topological polar surface area (TPSA) is 46.2 Å². The molecule has 0 aliphatic heterocycles. The predicted octanol–water partition coefficient (Wildman–Crippen LogP) is 3.79. The average molecular weight is 371 g/mol. The maximum absolute atomic E-state index is 13.0. The standard InChI is InChI=1S/C20H22FN3OS/c1-22-19(26)20(16-5-4-12-23-13-16)11-3-2-6-18(20)24-25-14-15-7-9-17(21)10-8-15/h4-10,12-13,24H,2-3,11,14H2,1H3,(H,22,26). The van der Waals surface area contributed by atoms with Crippen molar-refractivity contribution < 1.29 is 9.23 Å². The number of rotatable bonds is 6. The largest absolute Gasteiger partial charge is 0.382 e. The molecule has 1 aromatic heterocycles. The molecule has 1 aliphatic rings. The van der Waals surface area contributed by atoms with Gasteiger partial charge in [0, 0.05) is 19.4 Å². The van der Waals surface area contributed by atoms with Crippen molar-refractivity contribution in [2.75, 3.05) is 7.05 Å². The molecule has 6 heteroatoms. The summed E-state index contributed by atoms with van der Waals surface area (Å²) in [4.78, 5) is 10.7. The van der Waals surface area contributed by atoms with Gasteiger partial charge in [-0.2, -0.15) is 0 Å². The minimum atomic E-state index is -0.487. The van der Waals surface area contributed by atoms with Crippen LogP contribution < -0.4 is 10.8 Å². The zero-order chi connectivity index (χ0) is 18.4. The zero-order valence-corrected chi connectivity index (χ0v) is 15.5. The number of hydrogen-bond donors (Lipinski definition) is 2. The van der Waals surface area contributed by atoms with E-state index in [-0.39, 0.29) is 5.82 Å². The molecular formula is C20H22FN3OS. The number of hydrogen-bond acceptors (Lipinski definition) is 4. The Labute approximate surface area is 158 Å². The van der Waals surface area contributed by atoms with Gasteiger partial charge in [-0.15, -0.1) is 0 Å². The van der Waals surface area contributed by atoms with Crippen LogP contribution in [0, 0.1) is 5.82 Å². The molecule has 0 spiro atoms. The average Bonchev–Trinajstić information content (AvgIpc) is 2.70. The number of thiocarbonyl (C=S) groups is 1. The minimum absolute atomic E-state index is 0.258. The number of hydroxylamine groups is 1. The predicted molar refractivity (Wildman–Crippen MR) is 104 cm³/mol. The number of pyridine rings is 1. The highest BCUT2D eigenvalue weighted by Crippen LogP contribution is 2.40. The highest BCUT2D eigenvalue weighted by molar-refractivity contribution is 7.80. The normalized spacial score (nSPS) is 19.5. The van der Waals surface area contributed by atoms with Gasteiger partial charge in [0.05, 0.1) is 22.7 Å². The lowest BCUT2D eigenvalue weighted by molar-refractivity contribution is 0.0409. The van der Waals surface area contributed by atoms with Crippen LogP contribution in [-0.4, -0.2) is 17.0 Å². The van der Waals surface area contributed by atoms with Crippen LogP contribution in [0.3, 0.4) is 0 Å². The lowest BCUT2D eigenvalue weighted by Gasteiger charge is -2.39. The summed E-state index contributed by atoms with van der Waals surface area (Å²) in [5.74, 6) is -0.258. The van der Waals surface area contributed by atoms with Gasteiger partial charge in [-0.1, -0.05) is 36.5 Å². The van der Waals surface area contributed by atoms with Crippen molar-refractivity contribution in [3.05, 3.63) is 77.5 Å². The molecular weight excluding hydrogens is 349 g/mol. The maximum Gasteiger partial charge on any atom is 0.123 e. The molecule has 1 heterocycles. The first-order chi connectivity index (χ1) is 12.7. The van der Waals surface area contributed by atoms with E-state index in [4.69, 9.17) is 17.1 Å². The van der Waals surface area contributed by atoms with Crippen LogP contribution in [0.5, 0.6) is 0 Å². The lowest BCUT2D eigenvalue weighted by atomic mass is 9.71. The van der Waals surface area contributed by atoms with Gasteiger partial charge in [-0.3, -0.25) is 15.3 Å². The molecule has 136 valence electrons. The number of nitrogens with zero attached hydrogens (tertiary/aromatic N) is 1. The van der Waals surface area contributed by atoms with Gasteiger partial charge < -0.3 is 5.32 Å². The summed E-state index contributed by atoms with van der Waals surface area (Å²) in [6.45, 7) is 0.326. The first-order valence-electron chi connectivity index (χ1n) is 8.62. The van der Waals surface area contributed by atoms with E-state index in [0.717, 1.165) is 41.1 Å². The summed E-state index contributed by atoms with van der Waals surface area (Å²) in [5.41, 5.74) is 5.45. The Morgan fingerprint density at radius 2 is 2.12 bits per heavy atom. The third-order valence-corrected chi connectivity index (χ3v) is 5.22. The van der Waals surface area contributed by atoms with Crippen molar-refractivity contribution in [1.29, 1.82) is 0 Å². The quantitative estimate of drug-likeness (QED) is 0.597. The monoisotopic (exact) mass is 371 g/mol. The summed E-state index contributed by atoms with van der Waals surface area (Å²) >= 11 is 5.69. The number of likely N-dealkylation sites (N-methyl/N-ethyl adjacent to an activating group) is 1.